The lowest BCUT2D eigenvalue weighted by molar-refractivity contribution is -0.213. The van der Waals surface area contributed by atoms with E-state index >= 15 is 0 Å². The van der Waals surface area contributed by atoms with E-state index in [2.05, 4.69) is 4.99 Å². The molecule has 0 atom stereocenters. The van der Waals surface area contributed by atoms with Crippen LogP contribution in [0.2, 0.25) is 0 Å². The molecule has 0 bridgehead atoms. The first kappa shape index (κ1) is 11.1. The van der Waals surface area contributed by atoms with Gasteiger partial charge >= 0.3 is 0 Å². The van der Waals surface area contributed by atoms with Crippen LogP contribution in [-0.4, -0.2) is 25.0 Å². The molecular formula is C11H10NO3-. The summed E-state index contributed by atoms with van der Waals surface area (Å²) in [6.07, 6.45) is 0.572. The highest BCUT2D eigenvalue weighted by Gasteiger charge is 2.05. The van der Waals surface area contributed by atoms with E-state index in [1.54, 1.807) is 0 Å². The number of benzene rings is 1. The largest absolute Gasteiger partial charge is 0.858 e. The van der Waals surface area contributed by atoms with Gasteiger partial charge in [0.2, 0.25) is 0 Å². The van der Waals surface area contributed by atoms with E-state index in [-0.39, 0.29) is 16.9 Å². The van der Waals surface area contributed by atoms with Gasteiger partial charge in [-0.15, -0.1) is 0 Å². The lowest BCUT2D eigenvalue weighted by Gasteiger charge is -2.12. The van der Waals surface area contributed by atoms with E-state index < -0.39 is 5.90 Å². The third-order valence-electron chi connectivity index (χ3n) is 2.02. The fourth-order valence-corrected chi connectivity index (χ4v) is 1.18. The Hall–Kier alpha value is -1.97. The molecule has 0 spiro atoms. The van der Waals surface area contributed by atoms with Crippen molar-refractivity contribution in [2.75, 3.05) is 7.05 Å². The normalized spacial score (nSPS) is 11.2. The molecule has 1 aromatic carbocycles. The predicted molar refractivity (Wildman–Crippen MR) is 54.3 cm³/mol. The SMILES string of the molecule is CN=C([O-])c1cc(C(C)=O)ccc1C=O. The van der Waals surface area contributed by atoms with Crippen LogP contribution in [0.4, 0.5) is 0 Å². The van der Waals surface area contributed by atoms with Crippen LogP contribution in [0.1, 0.15) is 33.2 Å². The van der Waals surface area contributed by atoms with Gasteiger partial charge in [0.25, 0.3) is 0 Å². The van der Waals surface area contributed by atoms with Gasteiger partial charge < -0.3 is 10.1 Å². The molecule has 0 radical (unpaired) electrons. The number of aldehydes is 1. The van der Waals surface area contributed by atoms with Crippen molar-refractivity contribution >= 4 is 18.0 Å². The fourth-order valence-electron chi connectivity index (χ4n) is 1.18. The van der Waals surface area contributed by atoms with Gasteiger partial charge in [0, 0.05) is 18.2 Å². The van der Waals surface area contributed by atoms with Gasteiger partial charge in [-0.05, 0) is 24.5 Å². The van der Waals surface area contributed by atoms with E-state index in [0.717, 1.165) is 0 Å². The second-order valence-electron chi connectivity index (χ2n) is 3.00. The zero-order valence-corrected chi connectivity index (χ0v) is 8.48. The van der Waals surface area contributed by atoms with Crippen molar-refractivity contribution in [3.05, 3.63) is 34.9 Å². The maximum absolute atomic E-state index is 11.3. The summed E-state index contributed by atoms with van der Waals surface area (Å²) >= 11 is 0. The fraction of sp³-hybridized carbons (Fsp3) is 0.182. The summed E-state index contributed by atoms with van der Waals surface area (Å²) in [5.74, 6) is -0.655. The molecule has 4 heteroatoms. The first-order valence-electron chi connectivity index (χ1n) is 4.34. The minimum Gasteiger partial charge on any atom is -0.858 e. The Labute approximate surface area is 87.3 Å². The number of aliphatic imine (C=N–C) groups is 1. The summed E-state index contributed by atoms with van der Waals surface area (Å²) in [4.78, 5) is 25.2. The molecule has 0 amide bonds. The van der Waals surface area contributed by atoms with Gasteiger partial charge in [0.05, 0.1) is 0 Å². The Kier molecular flexibility index (Phi) is 3.33. The third-order valence-corrected chi connectivity index (χ3v) is 2.02. The zero-order chi connectivity index (χ0) is 11.4. The Bertz CT molecular complexity index is 435. The zero-order valence-electron chi connectivity index (χ0n) is 8.48. The maximum Gasteiger partial charge on any atom is 0.159 e. The van der Waals surface area contributed by atoms with E-state index in [0.29, 0.717) is 11.8 Å². The maximum atomic E-state index is 11.3. The molecule has 0 fully saturated rings. The average Bonchev–Trinajstić information content (AvgIpc) is 2.27. The van der Waals surface area contributed by atoms with Crippen LogP contribution in [-0.2, 0) is 0 Å². The van der Waals surface area contributed by atoms with Gasteiger partial charge in [-0.25, -0.2) is 0 Å². The highest BCUT2D eigenvalue weighted by Crippen LogP contribution is 2.10. The molecule has 1 rings (SSSR count). The average molecular weight is 204 g/mol. The summed E-state index contributed by atoms with van der Waals surface area (Å²) in [5, 5.41) is 11.3. The quantitative estimate of drug-likeness (QED) is 0.310. The van der Waals surface area contributed by atoms with Crippen molar-refractivity contribution in [2.45, 2.75) is 6.92 Å². The molecule has 4 nitrogen and oxygen atoms in total. The van der Waals surface area contributed by atoms with Gasteiger partial charge in [-0.1, -0.05) is 12.1 Å². The lowest BCUT2D eigenvalue weighted by atomic mass is 10.0. The minimum atomic E-state index is -0.500. The number of rotatable bonds is 3. The number of hydrogen-bond acceptors (Lipinski definition) is 4. The molecule has 0 aliphatic heterocycles. The smallest absolute Gasteiger partial charge is 0.159 e. The van der Waals surface area contributed by atoms with Crippen LogP contribution >= 0.6 is 0 Å². The van der Waals surface area contributed by atoms with Crippen molar-refractivity contribution in [3.63, 3.8) is 0 Å². The van der Waals surface area contributed by atoms with Crippen LogP contribution in [0.5, 0.6) is 0 Å². The first-order chi connectivity index (χ1) is 7.10. The molecule has 0 N–H and O–H groups in total. The standard InChI is InChI=1S/C11H11NO3/c1-7(14)8-3-4-9(6-13)10(5-8)11(15)12-2/h3-6H,1-2H3,(H,12,15)/p-1. The van der Waals surface area contributed by atoms with Crippen molar-refractivity contribution in [2.24, 2.45) is 4.99 Å². The Morgan fingerprint density at radius 2 is 2.13 bits per heavy atom. The lowest BCUT2D eigenvalue weighted by Crippen LogP contribution is -2.20. The molecule has 0 aliphatic carbocycles. The van der Waals surface area contributed by atoms with E-state index in [4.69, 9.17) is 0 Å². The highest BCUT2D eigenvalue weighted by molar-refractivity contribution is 6.02. The van der Waals surface area contributed by atoms with Crippen LogP contribution in [0, 0.1) is 0 Å². The van der Waals surface area contributed by atoms with Crippen LogP contribution in [0.3, 0.4) is 0 Å². The molecule has 0 saturated heterocycles. The summed E-state index contributed by atoms with van der Waals surface area (Å²) in [7, 11) is 1.34. The predicted octanol–water partition coefficient (Wildman–Crippen LogP) is 0.438. The molecular weight excluding hydrogens is 194 g/mol. The monoisotopic (exact) mass is 204 g/mol. The Balaban J connectivity index is 3.38. The molecule has 0 unspecified atom stereocenters. The van der Waals surface area contributed by atoms with Crippen LogP contribution in [0.15, 0.2) is 23.2 Å². The van der Waals surface area contributed by atoms with Gasteiger partial charge in [0.1, 0.15) is 0 Å². The van der Waals surface area contributed by atoms with Crippen molar-refractivity contribution in [3.8, 4) is 0 Å². The number of nitrogens with zero attached hydrogens (tertiary/aromatic N) is 1. The topological polar surface area (TPSA) is 69.6 Å². The van der Waals surface area contributed by atoms with Crippen LogP contribution in [0.25, 0.3) is 0 Å². The first-order valence-corrected chi connectivity index (χ1v) is 4.34. The second kappa shape index (κ2) is 4.50. The number of ketones is 1. The summed E-state index contributed by atoms with van der Waals surface area (Å²) in [6, 6.07) is 4.35. The molecule has 0 aromatic heterocycles. The van der Waals surface area contributed by atoms with Gasteiger partial charge in [0.15, 0.2) is 12.1 Å². The van der Waals surface area contributed by atoms with Gasteiger partial charge in [-0.3, -0.25) is 9.59 Å². The Morgan fingerprint density at radius 1 is 1.47 bits per heavy atom. The molecule has 15 heavy (non-hydrogen) atoms. The van der Waals surface area contributed by atoms with E-state index in [9.17, 15) is 14.7 Å². The summed E-state index contributed by atoms with van der Waals surface area (Å²) < 4.78 is 0. The van der Waals surface area contributed by atoms with Crippen molar-refractivity contribution in [1.29, 1.82) is 0 Å². The molecule has 1 aromatic rings. The van der Waals surface area contributed by atoms with Crippen LogP contribution < -0.4 is 5.11 Å². The third kappa shape index (κ3) is 2.28. The molecule has 0 aliphatic rings. The molecule has 0 saturated carbocycles. The molecule has 78 valence electrons. The number of carbonyl (C=O) groups is 2. The molecule has 0 heterocycles. The summed E-state index contributed by atoms with van der Waals surface area (Å²) in [5.41, 5.74) is 0.809. The van der Waals surface area contributed by atoms with Crippen molar-refractivity contribution < 1.29 is 14.7 Å². The van der Waals surface area contributed by atoms with E-state index in [1.807, 2.05) is 0 Å². The summed E-state index contributed by atoms with van der Waals surface area (Å²) in [6.45, 7) is 1.40. The Morgan fingerprint density at radius 3 is 2.60 bits per heavy atom. The van der Waals surface area contributed by atoms with Crippen molar-refractivity contribution in [1.82, 2.24) is 0 Å². The number of carbonyl (C=O) groups excluding carboxylic acids is 2. The van der Waals surface area contributed by atoms with E-state index in [1.165, 1.54) is 32.2 Å². The minimum absolute atomic E-state index is 0.155. The van der Waals surface area contributed by atoms with Gasteiger partial charge in [-0.2, -0.15) is 0 Å². The highest BCUT2D eigenvalue weighted by atomic mass is 16.3. The number of hydrogen-bond donors (Lipinski definition) is 0. The second-order valence-corrected chi connectivity index (χ2v) is 3.00. The number of Topliss-reactive ketones (excluding diaryl/α,β-unsaturated/α-hetero) is 1.